The largest absolute Gasteiger partial charge is 0.285 e. The molecular formula is C8H12N2. The Labute approximate surface area is 61.9 Å². The first-order valence-electron chi connectivity index (χ1n) is 3.51. The quantitative estimate of drug-likeness (QED) is 0.493. The molecular weight excluding hydrogens is 124 g/mol. The van der Waals surface area contributed by atoms with Gasteiger partial charge in [-0.05, 0) is 13.8 Å². The zero-order chi connectivity index (χ0) is 7.40. The van der Waals surface area contributed by atoms with E-state index in [9.17, 15) is 0 Å². The minimum Gasteiger partial charge on any atom is -0.285 e. The van der Waals surface area contributed by atoms with Crippen molar-refractivity contribution in [1.82, 2.24) is 5.01 Å². The lowest BCUT2D eigenvalue weighted by Crippen LogP contribution is -2.13. The molecule has 10 heavy (non-hydrogen) atoms. The van der Waals surface area contributed by atoms with Crippen LogP contribution in [0.1, 0.15) is 20.3 Å². The third-order valence-corrected chi connectivity index (χ3v) is 1.48. The van der Waals surface area contributed by atoms with Crippen molar-refractivity contribution in [2.75, 3.05) is 13.1 Å². The Hall–Kier alpha value is -0.970. The number of rotatable bonds is 1. The molecule has 1 aliphatic rings. The van der Waals surface area contributed by atoms with Crippen LogP contribution in [0.5, 0.6) is 0 Å². The minimum atomic E-state index is 0.786. The van der Waals surface area contributed by atoms with Gasteiger partial charge >= 0.3 is 0 Å². The van der Waals surface area contributed by atoms with Crippen molar-refractivity contribution < 1.29 is 0 Å². The molecule has 0 atom stereocenters. The Bertz CT molecular complexity index is 195. The molecule has 0 N–H and O–H groups in total. The van der Waals surface area contributed by atoms with Crippen LogP contribution in [-0.4, -0.2) is 23.8 Å². The Morgan fingerprint density at radius 2 is 2.50 bits per heavy atom. The van der Waals surface area contributed by atoms with Crippen molar-refractivity contribution in [3.8, 4) is 11.8 Å². The molecule has 0 spiro atoms. The molecule has 0 aromatic heterocycles. The van der Waals surface area contributed by atoms with Gasteiger partial charge < -0.3 is 0 Å². The fraction of sp³-hybridized carbons (Fsp3) is 0.625. The maximum atomic E-state index is 4.27. The van der Waals surface area contributed by atoms with Gasteiger partial charge in [-0.1, -0.05) is 5.92 Å². The number of hydrazone groups is 1. The van der Waals surface area contributed by atoms with Crippen molar-refractivity contribution in [2.24, 2.45) is 5.10 Å². The number of hydrogen-bond acceptors (Lipinski definition) is 2. The van der Waals surface area contributed by atoms with E-state index in [-0.39, 0.29) is 0 Å². The van der Waals surface area contributed by atoms with E-state index in [1.54, 1.807) is 0 Å². The molecule has 1 aliphatic heterocycles. The van der Waals surface area contributed by atoms with E-state index < -0.39 is 0 Å². The lowest BCUT2D eigenvalue weighted by Gasteiger charge is -2.07. The van der Waals surface area contributed by atoms with Gasteiger partial charge in [0.1, 0.15) is 0 Å². The molecule has 1 rings (SSSR count). The molecule has 0 aliphatic carbocycles. The van der Waals surface area contributed by atoms with E-state index in [2.05, 4.69) is 23.9 Å². The summed E-state index contributed by atoms with van der Waals surface area (Å²) in [7, 11) is 0. The van der Waals surface area contributed by atoms with Crippen molar-refractivity contribution in [1.29, 1.82) is 0 Å². The highest BCUT2D eigenvalue weighted by molar-refractivity contribution is 5.82. The highest BCUT2D eigenvalue weighted by Crippen LogP contribution is 2.03. The first kappa shape index (κ1) is 7.14. The summed E-state index contributed by atoms with van der Waals surface area (Å²) in [6.07, 6.45) is 1.10. The molecule has 0 aromatic rings. The summed E-state index contributed by atoms with van der Waals surface area (Å²) < 4.78 is 0. The summed E-state index contributed by atoms with van der Waals surface area (Å²) >= 11 is 0. The molecule has 2 heteroatoms. The fourth-order valence-corrected chi connectivity index (χ4v) is 0.917. The zero-order valence-corrected chi connectivity index (χ0v) is 6.52. The topological polar surface area (TPSA) is 15.6 Å². The molecule has 0 bridgehead atoms. The van der Waals surface area contributed by atoms with Crippen LogP contribution >= 0.6 is 0 Å². The molecule has 1 heterocycles. The summed E-state index contributed by atoms with van der Waals surface area (Å²) in [5, 5.41) is 6.28. The van der Waals surface area contributed by atoms with Crippen molar-refractivity contribution in [2.45, 2.75) is 20.3 Å². The SMILES string of the molecule is CC#CCN1CCC(C)=N1. The maximum absolute atomic E-state index is 4.27. The molecule has 0 aromatic carbocycles. The van der Waals surface area contributed by atoms with Gasteiger partial charge in [0, 0.05) is 18.7 Å². The number of hydrogen-bond donors (Lipinski definition) is 0. The minimum absolute atomic E-state index is 0.786. The Kier molecular flexibility index (Phi) is 2.33. The molecule has 0 fully saturated rings. The Balaban J connectivity index is 2.36. The molecule has 0 saturated carbocycles. The fourth-order valence-electron chi connectivity index (χ4n) is 0.917. The van der Waals surface area contributed by atoms with Gasteiger partial charge in [-0.25, -0.2) is 0 Å². The molecule has 2 nitrogen and oxygen atoms in total. The molecule has 0 amide bonds. The second kappa shape index (κ2) is 3.26. The van der Waals surface area contributed by atoms with E-state index in [0.717, 1.165) is 19.5 Å². The standard InChI is InChI=1S/C8H12N2/c1-3-4-6-10-7-5-8(2)9-10/h5-7H2,1-2H3. The molecule has 0 radical (unpaired) electrons. The predicted octanol–water partition coefficient (Wildman–Crippen LogP) is 1.09. The summed E-state index contributed by atoms with van der Waals surface area (Å²) in [5.74, 6) is 5.83. The van der Waals surface area contributed by atoms with Gasteiger partial charge in [0.15, 0.2) is 0 Å². The summed E-state index contributed by atoms with van der Waals surface area (Å²) in [6, 6.07) is 0. The summed E-state index contributed by atoms with van der Waals surface area (Å²) in [6.45, 7) is 5.74. The lowest BCUT2D eigenvalue weighted by molar-refractivity contribution is 0.359. The average molecular weight is 136 g/mol. The van der Waals surface area contributed by atoms with Gasteiger partial charge in [-0.2, -0.15) is 5.10 Å². The van der Waals surface area contributed by atoms with Gasteiger partial charge in [-0.3, -0.25) is 5.01 Å². The van der Waals surface area contributed by atoms with Crippen LogP contribution in [-0.2, 0) is 0 Å². The summed E-state index contributed by atoms with van der Waals surface area (Å²) in [4.78, 5) is 0. The van der Waals surface area contributed by atoms with Crippen LogP contribution in [0.3, 0.4) is 0 Å². The van der Waals surface area contributed by atoms with E-state index in [1.165, 1.54) is 5.71 Å². The Morgan fingerprint density at radius 1 is 1.70 bits per heavy atom. The monoisotopic (exact) mass is 136 g/mol. The van der Waals surface area contributed by atoms with Gasteiger partial charge in [-0.15, -0.1) is 5.92 Å². The van der Waals surface area contributed by atoms with Crippen LogP contribution in [0.25, 0.3) is 0 Å². The predicted molar refractivity (Wildman–Crippen MR) is 42.7 cm³/mol. The average Bonchev–Trinajstić information content (AvgIpc) is 2.31. The van der Waals surface area contributed by atoms with E-state index in [0.29, 0.717) is 0 Å². The van der Waals surface area contributed by atoms with E-state index in [1.807, 2.05) is 11.9 Å². The molecule has 0 saturated heterocycles. The first-order chi connectivity index (χ1) is 4.83. The van der Waals surface area contributed by atoms with Crippen LogP contribution in [0.2, 0.25) is 0 Å². The van der Waals surface area contributed by atoms with E-state index in [4.69, 9.17) is 0 Å². The van der Waals surface area contributed by atoms with Crippen molar-refractivity contribution in [3.05, 3.63) is 0 Å². The first-order valence-corrected chi connectivity index (χ1v) is 3.51. The van der Waals surface area contributed by atoms with E-state index >= 15 is 0 Å². The van der Waals surface area contributed by atoms with Gasteiger partial charge in [0.25, 0.3) is 0 Å². The highest BCUT2D eigenvalue weighted by atomic mass is 15.5. The lowest BCUT2D eigenvalue weighted by atomic mass is 10.3. The van der Waals surface area contributed by atoms with Gasteiger partial charge in [0.2, 0.25) is 0 Å². The second-order valence-electron chi connectivity index (χ2n) is 2.40. The zero-order valence-electron chi connectivity index (χ0n) is 6.52. The number of nitrogens with zero attached hydrogens (tertiary/aromatic N) is 2. The van der Waals surface area contributed by atoms with Gasteiger partial charge in [0.05, 0.1) is 6.54 Å². The normalized spacial score (nSPS) is 16.2. The van der Waals surface area contributed by atoms with Crippen LogP contribution in [0.15, 0.2) is 5.10 Å². The van der Waals surface area contributed by atoms with Crippen LogP contribution in [0.4, 0.5) is 0 Å². The highest BCUT2D eigenvalue weighted by Gasteiger charge is 2.07. The third-order valence-electron chi connectivity index (χ3n) is 1.48. The van der Waals surface area contributed by atoms with Crippen LogP contribution in [0, 0.1) is 11.8 Å². The smallest absolute Gasteiger partial charge is 0.0968 e. The van der Waals surface area contributed by atoms with Crippen molar-refractivity contribution >= 4 is 5.71 Å². The third kappa shape index (κ3) is 1.77. The van der Waals surface area contributed by atoms with Crippen LogP contribution < -0.4 is 0 Å². The maximum Gasteiger partial charge on any atom is 0.0968 e. The molecule has 0 unspecified atom stereocenters. The Morgan fingerprint density at radius 3 is 3.00 bits per heavy atom. The van der Waals surface area contributed by atoms with Crippen molar-refractivity contribution in [3.63, 3.8) is 0 Å². The molecule has 54 valence electrons. The summed E-state index contributed by atoms with van der Waals surface area (Å²) in [5.41, 5.74) is 1.22. The second-order valence-corrected chi connectivity index (χ2v) is 2.40.